The Balaban J connectivity index is 0.000000807. The summed E-state index contributed by atoms with van der Waals surface area (Å²) < 4.78 is 166. The molecular weight excluding hydrogens is 498 g/mol. The summed E-state index contributed by atoms with van der Waals surface area (Å²) >= 11 is 0. The van der Waals surface area contributed by atoms with Crippen LogP contribution in [0.3, 0.4) is 0 Å². The Kier molecular flexibility index (Phi) is 8.12. The lowest BCUT2D eigenvalue weighted by molar-refractivity contribution is -0.671. The van der Waals surface area contributed by atoms with E-state index >= 15 is 0 Å². The fraction of sp³-hybridized carbons (Fsp3) is 0.700. The van der Waals surface area contributed by atoms with Gasteiger partial charge in [-0.25, -0.2) is 26.0 Å². The third-order valence-corrected chi connectivity index (χ3v) is 10.3. The molecule has 0 spiro atoms. The summed E-state index contributed by atoms with van der Waals surface area (Å²) in [5.74, 6) is 0. The first-order valence-electron chi connectivity index (χ1n) is 6.63. The maximum atomic E-state index is 12.4. The van der Waals surface area contributed by atoms with Crippen LogP contribution in [0.1, 0.15) is 6.92 Å². The number of aromatic nitrogens is 2. The minimum atomic E-state index is -7.33. The van der Waals surface area contributed by atoms with Gasteiger partial charge < -0.3 is 0 Å². The molecule has 0 saturated heterocycles. The number of halogens is 10. The number of hydrogen-bond acceptors (Lipinski definition) is 5. The minimum absolute atomic E-state index is 1.06. The molecule has 172 valence electrons. The highest BCUT2D eigenvalue weighted by Gasteiger charge is 2.73. The van der Waals surface area contributed by atoms with Crippen LogP contribution in [0.2, 0.25) is 0 Å². The summed E-state index contributed by atoms with van der Waals surface area (Å²) in [6, 6.07) is 0. The third-order valence-electron chi connectivity index (χ3n) is 2.66. The number of nitrogens with zero attached hydrogens (tertiary/aromatic N) is 2. The van der Waals surface area contributed by atoms with Crippen LogP contribution in [-0.4, -0.2) is 44.3 Å². The van der Waals surface area contributed by atoms with E-state index in [0.717, 1.165) is 6.54 Å². The normalized spacial score (nSPS) is 14.3. The van der Waals surface area contributed by atoms with Crippen molar-refractivity contribution in [1.82, 2.24) is 4.57 Å². The first kappa shape index (κ1) is 27.8. The van der Waals surface area contributed by atoms with E-state index in [1.165, 1.54) is 0 Å². The van der Waals surface area contributed by atoms with Gasteiger partial charge in [-0.05, 0) is 6.92 Å². The average Bonchev–Trinajstić information content (AvgIpc) is 2.90. The zero-order valence-corrected chi connectivity index (χ0v) is 16.4. The van der Waals surface area contributed by atoms with Crippen molar-refractivity contribution in [3.8, 4) is 0 Å². The topological polar surface area (TPSA) is 77.1 Å². The number of hydrogen-bond donors (Lipinski definition) is 0. The van der Waals surface area contributed by atoms with E-state index in [4.69, 9.17) is 0 Å². The van der Waals surface area contributed by atoms with Gasteiger partial charge in [-0.1, -0.05) is 0 Å². The molecule has 1 heterocycles. The van der Waals surface area contributed by atoms with Crippen molar-refractivity contribution in [1.29, 1.82) is 0 Å². The molecule has 1 rings (SSSR count). The maximum Gasteiger partial charge on any atom is 0.470 e. The zero-order valence-electron chi connectivity index (χ0n) is 14.0. The monoisotopic (exact) mass is 509 g/mol. The van der Waals surface area contributed by atoms with E-state index in [9.17, 15) is 60.7 Å². The van der Waals surface area contributed by atoms with E-state index in [1.54, 1.807) is 0 Å². The molecule has 0 radical (unpaired) electrons. The summed E-state index contributed by atoms with van der Waals surface area (Å²) in [4.78, 5) is 0. The largest absolute Gasteiger partial charge is 0.470 e. The molecule has 0 unspecified atom stereocenters. The molecule has 0 fully saturated rings. The molecule has 0 amide bonds. The van der Waals surface area contributed by atoms with Crippen molar-refractivity contribution in [3.05, 3.63) is 18.7 Å². The average molecular weight is 509 g/mol. The van der Waals surface area contributed by atoms with Gasteiger partial charge in [-0.15, -0.1) is 0 Å². The predicted molar refractivity (Wildman–Crippen MR) is 78.7 cm³/mol. The van der Waals surface area contributed by atoms with Crippen LogP contribution in [0.4, 0.5) is 43.9 Å². The van der Waals surface area contributed by atoms with Crippen molar-refractivity contribution < 1.29 is 65.3 Å². The number of alkyl halides is 10. The van der Waals surface area contributed by atoms with E-state index in [0.29, 0.717) is 0 Å². The first-order valence-corrected chi connectivity index (χ1v) is 11.5. The zero-order chi connectivity index (χ0) is 23.7. The van der Waals surface area contributed by atoms with E-state index in [1.807, 2.05) is 17.8 Å². The second-order valence-electron chi connectivity index (χ2n) is 4.91. The van der Waals surface area contributed by atoms with Crippen molar-refractivity contribution in [2.45, 2.75) is 36.3 Å². The molecule has 29 heavy (non-hydrogen) atoms. The second kappa shape index (κ2) is 8.48. The van der Waals surface area contributed by atoms with E-state index < -0.39 is 50.4 Å². The van der Waals surface area contributed by atoms with E-state index in [-0.39, 0.29) is 0 Å². The Labute approximate surface area is 160 Å². The molecule has 19 heteroatoms. The SMILES string of the molecule is CCn1cc[n+](C)c1.O=S(=O)(SS(=O)(=O)C(F)(F)C(F)(F)F)C(F)(F)C(F)(F)F. The standard InChI is InChI=1S/C6H11N2.C4F10O4S3/c1-3-8-5-4-7(2)6-8;5-1(6,7)3(11,12)20(15,16)19-21(17,18)4(13,14)2(8,9)10/h4-6H,3H2,1-2H3;/q+1;. The Bertz CT molecular complexity index is 849. The van der Waals surface area contributed by atoms with Gasteiger partial charge in [0.15, 0.2) is 0 Å². The second-order valence-corrected chi connectivity index (χ2v) is 12.2. The van der Waals surface area contributed by atoms with E-state index in [2.05, 4.69) is 24.0 Å². The number of rotatable bonds is 5. The van der Waals surface area contributed by atoms with Gasteiger partial charge >= 0.3 is 22.9 Å². The molecule has 0 saturated carbocycles. The van der Waals surface area contributed by atoms with Crippen molar-refractivity contribution in [2.75, 3.05) is 0 Å². The Morgan fingerprint density at radius 3 is 1.34 bits per heavy atom. The van der Waals surface area contributed by atoms with Crippen molar-refractivity contribution in [3.63, 3.8) is 0 Å². The molecule has 1 aromatic rings. The maximum absolute atomic E-state index is 12.4. The highest BCUT2D eigenvalue weighted by Crippen LogP contribution is 2.51. The Hall–Kier alpha value is -1.24. The van der Waals surface area contributed by atoms with Gasteiger partial charge in [-0.3, -0.25) is 0 Å². The summed E-state index contributed by atoms with van der Waals surface area (Å²) in [6.07, 6.45) is -7.72. The van der Waals surface area contributed by atoms with Crippen LogP contribution in [0.15, 0.2) is 18.7 Å². The van der Waals surface area contributed by atoms with Gasteiger partial charge in [0.05, 0.1) is 13.6 Å². The number of imidazole rings is 1. The lowest BCUT2D eigenvalue weighted by Gasteiger charge is -2.22. The molecule has 0 aliphatic rings. The van der Waals surface area contributed by atoms with Crippen LogP contribution in [0, 0.1) is 0 Å². The molecule has 0 bridgehead atoms. The van der Waals surface area contributed by atoms with Gasteiger partial charge in [-0.2, -0.15) is 43.9 Å². The summed E-state index contributed by atoms with van der Waals surface area (Å²) in [5, 5.41) is -13.7. The summed E-state index contributed by atoms with van der Waals surface area (Å²) in [7, 11) is -15.5. The van der Waals surface area contributed by atoms with Crippen LogP contribution >= 0.6 is 9.83 Å². The van der Waals surface area contributed by atoms with Gasteiger partial charge in [0.25, 0.3) is 17.7 Å². The van der Waals surface area contributed by atoms with Crippen molar-refractivity contribution >= 4 is 27.6 Å². The molecule has 6 nitrogen and oxygen atoms in total. The summed E-state index contributed by atoms with van der Waals surface area (Å²) in [6.45, 7) is 3.18. The van der Waals surface area contributed by atoms with Gasteiger partial charge in [0, 0.05) is 0 Å². The fourth-order valence-electron chi connectivity index (χ4n) is 1.18. The minimum Gasteiger partial charge on any atom is -0.240 e. The quantitative estimate of drug-likeness (QED) is 0.347. The van der Waals surface area contributed by atoms with Crippen LogP contribution in [0.25, 0.3) is 0 Å². The van der Waals surface area contributed by atoms with Gasteiger partial charge in [0.2, 0.25) is 6.33 Å². The number of aryl methyl sites for hydroxylation is 2. The molecule has 0 aliphatic carbocycles. The highest BCUT2D eigenvalue weighted by atomic mass is 33.5. The third kappa shape index (κ3) is 6.12. The lowest BCUT2D eigenvalue weighted by atomic mass is 10.7. The van der Waals surface area contributed by atoms with Gasteiger partial charge in [0.1, 0.15) is 22.2 Å². The Morgan fingerprint density at radius 1 is 0.828 bits per heavy atom. The highest BCUT2D eigenvalue weighted by molar-refractivity contribution is 9.04. The molecule has 0 aliphatic heterocycles. The molecule has 1 aromatic heterocycles. The van der Waals surface area contributed by atoms with Crippen molar-refractivity contribution in [2.24, 2.45) is 7.05 Å². The molecule has 0 aromatic carbocycles. The first-order chi connectivity index (χ1) is 12.5. The predicted octanol–water partition coefficient (Wildman–Crippen LogP) is 3.02. The molecule has 0 atom stereocenters. The van der Waals surface area contributed by atoms with Crippen LogP contribution in [-0.2, 0) is 31.3 Å². The molecule has 0 N–H and O–H groups in total. The Morgan fingerprint density at radius 2 is 1.17 bits per heavy atom. The smallest absolute Gasteiger partial charge is 0.240 e. The fourth-order valence-corrected chi connectivity index (χ4v) is 7.60. The van der Waals surface area contributed by atoms with Crippen LogP contribution in [0.5, 0.6) is 0 Å². The lowest BCUT2D eigenvalue weighted by Crippen LogP contribution is -2.46. The molecular formula is C10H11F10N2O4S3+. The summed E-state index contributed by atoms with van der Waals surface area (Å²) in [5.41, 5.74) is 0. The van der Waals surface area contributed by atoms with Crippen LogP contribution < -0.4 is 4.57 Å².